The van der Waals surface area contributed by atoms with Crippen molar-refractivity contribution in [3.05, 3.63) is 42.2 Å². The molecule has 0 saturated heterocycles. The van der Waals surface area contributed by atoms with Crippen LogP contribution >= 0.6 is 0 Å². The average Bonchev–Trinajstić information content (AvgIpc) is 3.03. The van der Waals surface area contributed by atoms with E-state index in [9.17, 15) is 4.79 Å². The molecule has 1 heterocycles. The molecular weight excluding hydrogens is 286 g/mol. The number of aromatic carboxylic acids is 1. The molecule has 112 valence electrons. The Morgan fingerprint density at radius 2 is 1.95 bits per heavy atom. The van der Waals surface area contributed by atoms with Gasteiger partial charge in [-0.15, -0.1) is 0 Å². The van der Waals surface area contributed by atoms with Crippen LogP contribution in [0.25, 0.3) is 22.0 Å². The summed E-state index contributed by atoms with van der Waals surface area (Å²) in [5.74, 6) is -0.0710. The van der Waals surface area contributed by atoms with E-state index in [1.54, 1.807) is 20.3 Å². The van der Waals surface area contributed by atoms with Crippen LogP contribution in [0.3, 0.4) is 0 Å². The lowest BCUT2D eigenvalue weighted by Gasteiger charge is -2.12. The molecule has 0 saturated carbocycles. The van der Waals surface area contributed by atoms with Crippen molar-refractivity contribution in [1.29, 1.82) is 0 Å². The first-order valence-corrected chi connectivity index (χ1v) is 6.49. The van der Waals surface area contributed by atoms with Gasteiger partial charge in [-0.2, -0.15) is 0 Å². The summed E-state index contributed by atoms with van der Waals surface area (Å²) in [5.41, 5.74) is 1.05. The molecule has 0 spiro atoms. The highest BCUT2D eigenvalue weighted by Crippen LogP contribution is 2.39. The van der Waals surface area contributed by atoms with E-state index < -0.39 is 5.97 Å². The van der Waals surface area contributed by atoms with Gasteiger partial charge in [0.05, 0.1) is 14.2 Å². The molecule has 22 heavy (non-hydrogen) atoms. The highest BCUT2D eigenvalue weighted by Gasteiger charge is 2.18. The van der Waals surface area contributed by atoms with Gasteiger partial charge in [0, 0.05) is 22.4 Å². The Morgan fingerprint density at radius 1 is 1.14 bits per heavy atom. The fourth-order valence-electron chi connectivity index (χ4n) is 2.40. The maximum absolute atomic E-state index is 10.9. The van der Waals surface area contributed by atoms with Crippen LogP contribution < -0.4 is 9.47 Å². The summed E-state index contributed by atoms with van der Waals surface area (Å²) in [5, 5.41) is 14.5. The van der Waals surface area contributed by atoms with Crippen LogP contribution in [0.2, 0.25) is 0 Å². The van der Waals surface area contributed by atoms with Crippen LogP contribution in [0, 0.1) is 0 Å². The van der Waals surface area contributed by atoms with Gasteiger partial charge in [0.1, 0.15) is 17.2 Å². The molecular formula is C16H13NO5. The van der Waals surface area contributed by atoms with Gasteiger partial charge in [-0.05, 0) is 18.2 Å². The Hall–Kier alpha value is -3.02. The number of rotatable bonds is 4. The zero-order valence-corrected chi connectivity index (χ0v) is 12.0. The molecule has 3 aromatic rings. The van der Waals surface area contributed by atoms with Crippen LogP contribution in [-0.4, -0.2) is 30.5 Å². The van der Waals surface area contributed by atoms with E-state index in [-0.39, 0.29) is 5.76 Å². The molecule has 1 aromatic heterocycles. The van der Waals surface area contributed by atoms with Crippen molar-refractivity contribution in [3.8, 4) is 22.8 Å². The number of hydrogen-bond donors (Lipinski definition) is 1. The van der Waals surface area contributed by atoms with Crippen molar-refractivity contribution in [2.45, 2.75) is 0 Å². The molecule has 0 aliphatic heterocycles. The highest BCUT2D eigenvalue weighted by molar-refractivity contribution is 5.98. The minimum atomic E-state index is -1.17. The average molecular weight is 299 g/mol. The molecule has 0 radical (unpaired) electrons. The van der Waals surface area contributed by atoms with Crippen molar-refractivity contribution in [2.24, 2.45) is 0 Å². The molecule has 0 atom stereocenters. The van der Waals surface area contributed by atoms with Crippen molar-refractivity contribution < 1.29 is 23.9 Å². The number of carboxylic acid groups (broad SMARTS) is 1. The molecule has 0 amide bonds. The Labute approximate surface area is 125 Å². The number of hydrogen-bond acceptors (Lipinski definition) is 5. The quantitative estimate of drug-likeness (QED) is 0.796. The van der Waals surface area contributed by atoms with E-state index in [1.165, 1.54) is 6.07 Å². The van der Waals surface area contributed by atoms with Crippen molar-refractivity contribution in [2.75, 3.05) is 14.2 Å². The third-order valence-corrected chi connectivity index (χ3v) is 3.39. The number of fused-ring (bicyclic) bond motifs is 1. The van der Waals surface area contributed by atoms with Crippen LogP contribution in [0.4, 0.5) is 0 Å². The van der Waals surface area contributed by atoms with E-state index in [2.05, 4.69) is 5.16 Å². The van der Waals surface area contributed by atoms with Gasteiger partial charge in [0.2, 0.25) is 5.76 Å². The minimum Gasteiger partial charge on any atom is -0.496 e. The number of methoxy groups -OCH3 is 2. The number of aromatic nitrogens is 1. The molecule has 3 rings (SSSR count). The molecule has 0 aliphatic rings. The Bertz CT molecular complexity index is 853. The van der Waals surface area contributed by atoms with Gasteiger partial charge in [-0.3, -0.25) is 0 Å². The second-order valence-corrected chi connectivity index (χ2v) is 4.58. The molecule has 0 unspecified atom stereocenters. The lowest BCUT2D eigenvalue weighted by Crippen LogP contribution is -1.93. The van der Waals surface area contributed by atoms with Gasteiger partial charge in [0.25, 0.3) is 0 Å². The first kappa shape index (κ1) is 13.9. The maximum atomic E-state index is 10.9. The number of carbonyl (C=O) groups is 1. The predicted octanol–water partition coefficient (Wildman–Crippen LogP) is 3.21. The fourth-order valence-corrected chi connectivity index (χ4v) is 2.40. The normalized spacial score (nSPS) is 10.6. The molecule has 2 aromatic carbocycles. The van der Waals surface area contributed by atoms with E-state index in [0.717, 1.165) is 16.5 Å². The molecule has 1 N–H and O–H groups in total. The minimum absolute atomic E-state index is 0.220. The molecule has 0 bridgehead atoms. The summed E-state index contributed by atoms with van der Waals surface area (Å²) in [6.07, 6.45) is 0. The highest BCUT2D eigenvalue weighted by atomic mass is 16.5. The summed E-state index contributed by atoms with van der Waals surface area (Å²) < 4.78 is 15.6. The lowest BCUT2D eigenvalue weighted by atomic mass is 10.0. The van der Waals surface area contributed by atoms with E-state index in [0.29, 0.717) is 17.0 Å². The van der Waals surface area contributed by atoms with Gasteiger partial charge in [-0.1, -0.05) is 17.3 Å². The van der Waals surface area contributed by atoms with Crippen LogP contribution in [-0.2, 0) is 0 Å². The zero-order valence-electron chi connectivity index (χ0n) is 12.0. The molecule has 6 nitrogen and oxygen atoms in total. The monoisotopic (exact) mass is 299 g/mol. The molecule has 6 heteroatoms. The first-order chi connectivity index (χ1) is 10.7. The number of carboxylic acids is 1. The fraction of sp³-hybridized carbons (Fsp3) is 0.125. The van der Waals surface area contributed by atoms with Crippen molar-refractivity contribution in [1.82, 2.24) is 5.16 Å². The van der Waals surface area contributed by atoms with Crippen LogP contribution in [0.1, 0.15) is 10.6 Å². The summed E-state index contributed by atoms with van der Waals surface area (Å²) in [6.45, 7) is 0. The van der Waals surface area contributed by atoms with Gasteiger partial charge < -0.3 is 19.1 Å². The topological polar surface area (TPSA) is 81.8 Å². The second kappa shape index (κ2) is 5.40. The summed E-state index contributed by atoms with van der Waals surface area (Å²) in [4.78, 5) is 10.9. The molecule has 0 aliphatic carbocycles. The first-order valence-electron chi connectivity index (χ1n) is 6.49. The largest absolute Gasteiger partial charge is 0.496 e. The third-order valence-electron chi connectivity index (χ3n) is 3.39. The Kier molecular flexibility index (Phi) is 3.42. The predicted molar refractivity (Wildman–Crippen MR) is 79.5 cm³/mol. The number of benzene rings is 2. The molecule has 0 fully saturated rings. The Morgan fingerprint density at radius 3 is 2.59 bits per heavy atom. The van der Waals surface area contributed by atoms with Crippen LogP contribution in [0.5, 0.6) is 11.5 Å². The van der Waals surface area contributed by atoms with Crippen molar-refractivity contribution >= 4 is 16.7 Å². The van der Waals surface area contributed by atoms with E-state index in [4.69, 9.17) is 19.1 Å². The van der Waals surface area contributed by atoms with Crippen molar-refractivity contribution in [3.63, 3.8) is 0 Å². The van der Waals surface area contributed by atoms with Gasteiger partial charge in [0.15, 0.2) is 0 Å². The lowest BCUT2D eigenvalue weighted by molar-refractivity contribution is 0.0652. The van der Waals surface area contributed by atoms with E-state index in [1.807, 2.05) is 24.3 Å². The summed E-state index contributed by atoms with van der Waals surface area (Å²) in [6, 6.07) is 10.7. The third kappa shape index (κ3) is 2.14. The maximum Gasteiger partial charge on any atom is 0.374 e. The van der Waals surface area contributed by atoms with Crippen LogP contribution in [0.15, 0.2) is 40.9 Å². The second-order valence-electron chi connectivity index (χ2n) is 4.58. The van der Waals surface area contributed by atoms with Gasteiger partial charge >= 0.3 is 5.97 Å². The number of nitrogens with zero attached hydrogens (tertiary/aromatic N) is 1. The van der Waals surface area contributed by atoms with Gasteiger partial charge in [-0.25, -0.2) is 4.79 Å². The zero-order chi connectivity index (χ0) is 15.7. The smallest absolute Gasteiger partial charge is 0.374 e. The standard InChI is InChI=1S/C16H13NO5/c1-20-13-5-3-4-10-9(13)6-7-11(15(10)21-2)12-8-14(16(18)19)22-17-12/h3-8H,1-2H3,(H,18,19). The Balaban J connectivity index is 2.23. The summed E-state index contributed by atoms with van der Waals surface area (Å²) >= 11 is 0. The summed E-state index contributed by atoms with van der Waals surface area (Å²) in [7, 11) is 3.15. The SMILES string of the molecule is COc1cccc2c(OC)c(-c3cc(C(=O)O)on3)ccc12. The van der Waals surface area contributed by atoms with E-state index >= 15 is 0 Å². The number of ether oxygens (including phenoxy) is 2.